The lowest BCUT2D eigenvalue weighted by Crippen LogP contribution is -2.25. The molecule has 1 saturated heterocycles. The molecule has 0 bridgehead atoms. The minimum atomic E-state index is 0.295. The number of H-pyrrole nitrogens is 1. The van der Waals surface area contributed by atoms with Crippen LogP contribution in [0.2, 0.25) is 0 Å². The van der Waals surface area contributed by atoms with Crippen molar-refractivity contribution in [2.45, 2.75) is 31.9 Å². The van der Waals surface area contributed by atoms with Crippen LogP contribution in [-0.4, -0.2) is 29.4 Å². The fraction of sp³-hybridized carbons (Fsp3) is 0.500. The molecule has 1 aliphatic heterocycles. The summed E-state index contributed by atoms with van der Waals surface area (Å²) >= 11 is 5.48. The summed E-state index contributed by atoms with van der Waals surface area (Å²) in [5.74, 6) is 0.844. The van der Waals surface area contributed by atoms with Crippen LogP contribution in [0.25, 0.3) is 11.0 Å². The molecule has 0 amide bonds. The molecule has 0 radical (unpaired) electrons. The Morgan fingerprint density at radius 1 is 1.47 bits per heavy atom. The van der Waals surface area contributed by atoms with Crippen LogP contribution in [0.5, 0.6) is 5.75 Å². The van der Waals surface area contributed by atoms with Gasteiger partial charge in [0, 0.05) is 18.7 Å². The van der Waals surface area contributed by atoms with Gasteiger partial charge in [-0.25, -0.2) is 0 Å². The van der Waals surface area contributed by atoms with Gasteiger partial charge in [0.1, 0.15) is 5.75 Å². The van der Waals surface area contributed by atoms with Gasteiger partial charge in [-0.3, -0.25) is 0 Å². The molecule has 0 aliphatic carbocycles. The van der Waals surface area contributed by atoms with Crippen molar-refractivity contribution in [3.63, 3.8) is 0 Å². The lowest BCUT2D eigenvalue weighted by molar-refractivity contribution is 0.00647. The molecule has 1 N–H and O–H groups in total. The number of hydrogen-bond donors (Lipinski definition) is 1. The van der Waals surface area contributed by atoms with Gasteiger partial charge in [0.2, 0.25) is 0 Å². The van der Waals surface area contributed by atoms with Gasteiger partial charge in [-0.2, -0.15) is 0 Å². The maximum Gasteiger partial charge on any atom is 0.178 e. The first-order valence-corrected chi connectivity index (χ1v) is 6.99. The Morgan fingerprint density at radius 3 is 3.05 bits per heavy atom. The van der Waals surface area contributed by atoms with E-state index in [-0.39, 0.29) is 0 Å². The first kappa shape index (κ1) is 12.7. The van der Waals surface area contributed by atoms with Crippen LogP contribution in [-0.2, 0) is 4.74 Å². The summed E-state index contributed by atoms with van der Waals surface area (Å²) in [7, 11) is 1.67. The van der Waals surface area contributed by atoms with Gasteiger partial charge in [0.05, 0.1) is 24.2 Å². The van der Waals surface area contributed by atoms with E-state index in [0.717, 1.165) is 41.0 Å². The summed E-state index contributed by atoms with van der Waals surface area (Å²) in [6.45, 7) is 2.92. The number of methoxy groups -OCH3 is 1. The molecular formula is C14H18N2O2S. The van der Waals surface area contributed by atoms with Crippen LogP contribution >= 0.6 is 12.2 Å². The lowest BCUT2D eigenvalue weighted by Gasteiger charge is -2.28. The molecule has 2 heterocycles. The molecule has 4 nitrogen and oxygen atoms in total. The van der Waals surface area contributed by atoms with Crippen LogP contribution in [0, 0.1) is 4.77 Å². The Morgan fingerprint density at radius 2 is 2.32 bits per heavy atom. The Hall–Kier alpha value is -1.33. The second kappa shape index (κ2) is 4.98. The molecule has 2 aromatic rings. The van der Waals surface area contributed by atoms with Crippen LogP contribution in [0.1, 0.15) is 25.8 Å². The number of ether oxygens (including phenoxy) is 2. The van der Waals surface area contributed by atoms with Crippen LogP contribution in [0.15, 0.2) is 18.2 Å². The standard InChI is InChI=1S/C14H18N2O2S/c1-9-7-10(5-6-18-9)16-13-4-3-11(17-2)8-12(13)15-14(16)19/h3-4,8-10H,5-7H2,1-2H3,(H,15,19). The third kappa shape index (κ3) is 2.28. The van der Waals surface area contributed by atoms with Crippen LogP contribution in [0.3, 0.4) is 0 Å². The summed E-state index contributed by atoms with van der Waals surface area (Å²) in [5, 5.41) is 0. The summed E-state index contributed by atoms with van der Waals surface area (Å²) in [5.41, 5.74) is 2.17. The molecule has 0 saturated carbocycles. The number of imidazole rings is 1. The quantitative estimate of drug-likeness (QED) is 0.855. The number of benzene rings is 1. The van der Waals surface area contributed by atoms with Crippen molar-refractivity contribution in [2.24, 2.45) is 0 Å². The summed E-state index contributed by atoms with van der Waals surface area (Å²) in [6, 6.07) is 6.45. The average molecular weight is 278 g/mol. The van der Waals surface area contributed by atoms with Crippen molar-refractivity contribution >= 4 is 23.3 Å². The van der Waals surface area contributed by atoms with Gasteiger partial charge >= 0.3 is 0 Å². The molecule has 1 aromatic carbocycles. The molecule has 1 aliphatic rings. The third-order valence-electron chi connectivity index (χ3n) is 3.75. The molecule has 0 spiro atoms. The van der Waals surface area contributed by atoms with Crippen molar-refractivity contribution in [1.82, 2.24) is 9.55 Å². The highest BCUT2D eigenvalue weighted by Gasteiger charge is 2.23. The normalized spacial score (nSPS) is 23.7. The van der Waals surface area contributed by atoms with E-state index in [1.165, 1.54) is 0 Å². The van der Waals surface area contributed by atoms with Crippen molar-refractivity contribution in [1.29, 1.82) is 0 Å². The fourth-order valence-electron chi connectivity index (χ4n) is 2.81. The van der Waals surface area contributed by atoms with Crippen molar-refractivity contribution in [2.75, 3.05) is 13.7 Å². The zero-order chi connectivity index (χ0) is 13.4. The van der Waals surface area contributed by atoms with Gasteiger partial charge < -0.3 is 19.0 Å². The smallest absolute Gasteiger partial charge is 0.178 e. The van der Waals surface area contributed by atoms with E-state index in [2.05, 4.69) is 22.5 Å². The zero-order valence-corrected chi connectivity index (χ0v) is 12.0. The van der Waals surface area contributed by atoms with E-state index in [1.807, 2.05) is 12.1 Å². The van der Waals surface area contributed by atoms with E-state index in [9.17, 15) is 0 Å². The molecule has 2 unspecified atom stereocenters. The summed E-state index contributed by atoms with van der Waals surface area (Å²) in [6.07, 6.45) is 2.31. The number of hydrogen-bond acceptors (Lipinski definition) is 3. The highest BCUT2D eigenvalue weighted by Crippen LogP contribution is 2.30. The van der Waals surface area contributed by atoms with Gasteiger partial charge in [-0.05, 0) is 44.1 Å². The Balaban J connectivity index is 2.07. The number of nitrogens with one attached hydrogen (secondary N) is 1. The third-order valence-corrected chi connectivity index (χ3v) is 4.05. The predicted octanol–water partition coefficient (Wildman–Crippen LogP) is 3.45. The van der Waals surface area contributed by atoms with E-state index in [4.69, 9.17) is 21.7 Å². The number of rotatable bonds is 2. The first-order chi connectivity index (χ1) is 9.19. The van der Waals surface area contributed by atoms with Crippen LogP contribution < -0.4 is 4.74 Å². The maximum absolute atomic E-state index is 5.62. The van der Waals surface area contributed by atoms with E-state index < -0.39 is 0 Å². The molecule has 102 valence electrons. The molecule has 3 rings (SSSR count). The highest BCUT2D eigenvalue weighted by molar-refractivity contribution is 7.71. The molecule has 5 heteroatoms. The fourth-order valence-corrected chi connectivity index (χ4v) is 3.17. The molecule has 19 heavy (non-hydrogen) atoms. The Kier molecular flexibility index (Phi) is 3.33. The lowest BCUT2D eigenvalue weighted by atomic mass is 10.0. The zero-order valence-electron chi connectivity index (χ0n) is 11.2. The van der Waals surface area contributed by atoms with Gasteiger partial charge in [0.15, 0.2) is 4.77 Å². The van der Waals surface area contributed by atoms with E-state index in [0.29, 0.717) is 12.1 Å². The average Bonchev–Trinajstić information content (AvgIpc) is 2.73. The van der Waals surface area contributed by atoms with E-state index in [1.54, 1.807) is 7.11 Å². The molecular weight excluding hydrogens is 260 g/mol. The van der Waals surface area contributed by atoms with Gasteiger partial charge in [0.25, 0.3) is 0 Å². The monoisotopic (exact) mass is 278 g/mol. The molecule has 1 fully saturated rings. The van der Waals surface area contributed by atoms with Crippen molar-refractivity contribution in [3.8, 4) is 5.75 Å². The highest BCUT2D eigenvalue weighted by atomic mass is 32.1. The van der Waals surface area contributed by atoms with Gasteiger partial charge in [-0.15, -0.1) is 0 Å². The topological polar surface area (TPSA) is 39.2 Å². The van der Waals surface area contributed by atoms with E-state index >= 15 is 0 Å². The molecule has 2 atom stereocenters. The number of aromatic nitrogens is 2. The Bertz CT molecular complexity index is 646. The summed E-state index contributed by atoms with van der Waals surface area (Å²) in [4.78, 5) is 3.27. The second-order valence-electron chi connectivity index (χ2n) is 5.04. The van der Waals surface area contributed by atoms with Crippen LogP contribution in [0.4, 0.5) is 0 Å². The van der Waals surface area contributed by atoms with Gasteiger partial charge in [-0.1, -0.05) is 0 Å². The number of nitrogens with zero attached hydrogens (tertiary/aromatic N) is 1. The Labute approximate surface area is 117 Å². The maximum atomic E-state index is 5.62. The molecule has 1 aromatic heterocycles. The predicted molar refractivity (Wildman–Crippen MR) is 77.4 cm³/mol. The largest absolute Gasteiger partial charge is 0.497 e. The first-order valence-electron chi connectivity index (χ1n) is 6.59. The SMILES string of the molecule is COc1ccc2c(c1)[nH]c(=S)n2C1CCOC(C)C1. The minimum Gasteiger partial charge on any atom is -0.497 e. The summed E-state index contributed by atoms with van der Waals surface area (Å²) < 4.78 is 13.9. The number of aromatic amines is 1. The second-order valence-corrected chi connectivity index (χ2v) is 5.43. The number of fused-ring (bicyclic) bond motifs is 1. The minimum absolute atomic E-state index is 0.295. The van der Waals surface area contributed by atoms with Crippen molar-refractivity contribution < 1.29 is 9.47 Å². The van der Waals surface area contributed by atoms with Crippen molar-refractivity contribution in [3.05, 3.63) is 23.0 Å².